The summed E-state index contributed by atoms with van der Waals surface area (Å²) in [6.07, 6.45) is 5.49. The minimum absolute atomic E-state index is 0.0444. The zero-order valence-electron chi connectivity index (χ0n) is 11.5. The monoisotopic (exact) mass is 265 g/mol. The van der Waals surface area contributed by atoms with Crippen molar-refractivity contribution in [1.82, 2.24) is 5.48 Å². The second-order valence-corrected chi connectivity index (χ2v) is 5.08. The molecule has 0 saturated carbocycles. The Morgan fingerprint density at radius 1 is 0.850 bits per heavy atom. The molecular formula is C18H19NO. The third kappa shape index (κ3) is 3.28. The van der Waals surface area contributed by atoms with E-state index in [1.165, 1.54) is 16.8 Å². The molecule has 1 aliphatic heterocycles. The Morgan fingerprint density at radius 2 is 1.55 bits per heavy atom. The number of nitrogens with one attached hydrogen (secondary N) is 1. The van der Waals surface area contributed by atoms with Crippen molar-refractivity contribution >= 4 is 0 Å². The Bertz CT molecular complexity index is 562. The summed E-state index contributed by atoms with van der Waals surface area (Å²) in [7, 11) is 0. The molecule has 1 atom stereocenters. The minimum atomic E-state index is 0.0444. The Hall–Kier alpha value is -2.06. The van der Waals surface area contributed by atoms with Gasteiger partial charge in [0.1, 0.15) is 6.10 Å². The lowest BCUT2D eigenvalue weighted by atomic mass is 10.1. The van der Waals surface area contributed by atoms with E-state index in [9.17, 15) is 0 Å². The molecule has 1 N–H and O–H groups in total. The molecule has 2 heteroatoms. The third-order valence-corrected chi connectivity index (χ3v) is 3.55. The van der Waals surface area contributed by atoms with E-state index < -0.39 is 0 Å². The van der Waals surface area contributed by atoms with E-state index >= 15 is 0 Å². The summed E-state index contributed by atoms with van der Waals surface area (Å²) in [4.78, 5) is 5.61. The van der Waals surface area contributed by atoms with E-state index in [4.69, 9.17) is 4.84 Å². The van der Waals surface area contributed by atoms with E-state index in [-0.39, 0.29) is 6.10 Å². The molecule has 0 radical (unpaired) electrons. The first-order valence-corrected chi connectivity index (χ1v) is 7.13. The van der Waals surface area contributed by atoms with Crippen LogP contribution >= 0.6 is 0 Å². The van der Waals surface area contributed by atoms with Crippen LogP contribution in [0.15, 0.2) is 72.4 Å². The highest BCUT2D eigenvalue weighted by Crippen LogP contribution is 2.25. The molecule has 0 bridgehead atoms. The lowest BCUT2D eigenvalue weighted by Crippen LogP contribution is -2.08. The molecule has 1 unspecified atom stereocenters. The van der Waals surface area contributed by atoms with Crippen molar-refractivity contribution in [2.24, 2.45) is 0 Å². The second-order valence-electron chi connectivity index (χ2n) is 5.08. The van der Waals surface area contributed by atoms with E-state index in [0.717, 1.165) is 19.3 Å². The number of hydrogen-bond acceptors (Lipinski definition) is 2. The summed E-state index contributed by atoms with van der Waals surface area (Å²) in [5.74, 6) is 0. The molecule has 0 aliphatic carbocycles. The first-order valence-electron chi connectivity index (χ1n) is 7.13. The van der Waals surface area contributed by atoms with Gasteiger partial charge in [0.15, 0.2) is 0 Å². The summed E-state index contributed by atoms with van der Waals surface area (Å²) in [6, 6.07) is 20.9. The summed E-state index contributed by atoms with van der Waals surface area (Å²) < 4.78 is 0. The summed E-state index contributed by atoms with van der Waals surface area (Å²) in [6.45, 7) is 0. The normalized spacial score (nSPS) is 17.6. The number of rotatable bonds is 5. The molecule has 1 aliphatic rings. The summed E-state index contributed by atoms with van der Waals surface area (Å²) in [5.41, 5.74) is 6.83. The van der Waals surface area contributed by atoms with Crippen molar-refractivity contribution in [1.29, 1.82) is 0 Å². The van der Waals surface area contributed by atoms with Gasteiger partial charge in [0, 0.05) is 5.70 Å². The highest BCUT2D eigenvalue weighted by molar-refractivity contribution is 5.24. The van der Waals surface area contributed by atoms with Gasteiger partial charge in [0.2, 0.25) is 0 Å². The lowest BCUT2D eigenvalue weighted by molar-refractivity contribution is 0.0406. The number of benzene rings is 2. The number of allylic oxidation sites excluding steroid dienone is 1. The molecule has 102 valence electrons. The Balaban J connectivity index is 1.52. The molecule has 3 rings (SSSR count). The van der Waals surface area contributed by atoms with Crippen molar-refractivity contribution in [2.75, 3.05) is 0 Å². The fraction of sp³-hybridized carbons (Fsp3) is 0.222. The third-order valence-electron chi connectivity index (χ3n) is 3.55. The van der Waals surface area contributed by atoms with E-state index in [2.05, 4.69) is 54.0 Å². The zero-order valence-corrected chi connectivity index (χ0v) is 11.5. The van der Waals surface area contributed by atoms with Crippen molar-refractivity contribution < 1.29 is 4.84 Å². The van der Waals surface area contributed by atoms with Crippen LogP contribution in [0.2, 0.25) is 0 Å². The van der Waals surface area contributed by atoms with Crippen LogP contribution in [0.3, 0.4) is 0 Å². The van der Waals surface area contributed by atoms with Gasteiger partial charge in [-0.05, 0) is 36.5 Å². The van der Waals surface area contributed by atoms with E-state index in [1.807, 2.05) is 18.2 Å². The van der Waals surface area contributed by atoms with Crippen LogP contribution in [0, 0.1) is 0 Å². The Morgan fingerprint density at radius 3 is 2.30 bits per heavy atom. The zero-order chi connectivity index (χ0) is 13.6. The molecule has 20 heavy (non-hydrogen) atoms. The molecule has 2 nitrogen and oxygen atoms in total. The number of aryl methyl sites for hydroxylation is 1. The predicted octanol–water partition coefficient (Wildman–Crippen LogP) is 4.17. The Labute approximate surface area is 120 Å². The summed E-state index contributed by atoms with van der Waals surface area (Å²) in [5, 5.41) is 0. The van der Waals surface area contributed by atoms with Gasteiger partial charge in [-0.15, -0.1) is 0 Å². The van der Waals surface area contributed by atoms with Gasteiger partial charge in [-0.1, -0.05) is 60.7 Å². The first-order chi connectivity index (χ1) is 9.92. The fourth-order valence-corrected chi connectivity index (χ4v) is 2.46. The van der Waals surface area contributed by atoms with Gasteiger partial charge in [0.25, 0.3) is 0 Å². The minimum Gasteiger partial charge on any atom is -0.270 e. The van der Waals surface area contributed by atoms with Crippen LogP contribution in [0.5, 0.6) is 0 Å². The van der Waals surface area contributed by atoms with E-state index in [0.29, 0.717) is 0 Å². The maximum Gasteiger partial charge on any atom is 0.131 e. The highest BCUT2D eigenvalue weighted by atomic mass is 16.7. The van der Waals surface area contributed by atoms with Crippen LogP contribution in [-0.2, 0) is 11.3 Å². The molecule has 0 spiro atoms. The van der Waals surface area contributed by atoms with Gasteiger partial charge in [-0.2, -0.15) is 0 Å². The van der Waals surface area contributed by atoms with Gasteiger partial charge in [-0.25, -0.2) is 0 Å². The molecule has 0 aromatic heterocycles. The standard InChI is InChI=1S/C18H19NO/c1-3-8-15(9-4-1)10-7-13-17-14-18(20-19-17)16-11-5-2-6-12-16/h1-6,8-9,11-12,14,18-19H,7,10,13H2. The van der Waals surface area contributed by atoms with Gasteiger partial charge >= 0.3 is 0 Å². The average molecular weight is 265 g/mol. The van der Waals surface area contributed by atoms with Crippen LogP contribution in [0.4, 0.5) is 0 Å². The molecule has 0 saturated heterocycles. The van der Waals surface area contributed by atoms with Crippen molar-refractivity contribution in [3.8, 4) is 0 Å². The van der Waals surface area contributed by atoms with E-state index in [1.54, 1.807) is 0 Å². The topological polar surface area (TPSA) is 21.3 Å². The predicted molar refractivity (Wildman–Crippen MR) is 80.9 cm³/mol. The van der Waals surface area contributed by atoms with Gasteiger partial charge < -0.3 is 0 Å². The van der Waals surface area contributed by atoms with Crippen LogP contribution in [0.1, 0.15) is 30.1 Å². The van der Waals surface area contributed by atoms with Crippen LogP contribution in [-0.4, -0.2) is 0 Å². The maximum absolute atomic E-state index is 5.61. The molecule has 2 aromatic rings. The summed E-state index contributed by atoms with van der Waals surface area (Å²) >= 11 is 0. The quantitative estimate of drug-likeness (QED) is 0.876. The second kappa shape index (κ2) is 6.40. The van der Waals surface area contributed by atoms with Gasteiger partial charge in [-0.3, -0.25) is 10.3 Å². The molecular weight excluding hydrogens is 246 g/mol. The SMILES string of the molecule is C1=C(CCCc2ccccc2)NOC1c1ccccc1. The van der Waals surface area contributed by atoms with Crippen molar-refractivity contribution in [3.05, 3.63) is 83.6 Å². The molecule has 1 heterocycles. The van der Waals surface area contributed by atoms with Crippen molar-refractivity contribution in [2.45, 2.75) is 25.4 Å². The van der Waals surface area contributed by atoms with Crippen LogP contribution in [0.25, 0.3) is 0 Å². The lowest BCUT2D eigenvalue weighted by Gasteiger charge is -2.06. The molecule has 2 aromatic carbocycles. The Kier molecular flexibility index (Phi) is 4.14. The first kappa shape index (κ1) is 12.9. The fourth-order valence-electron chi connectivity index (χ4n) is 2.46. The largest absolute Gasteiger partial charge is 0.270 e. The number of hydroxylamine groups is 1. The maximum atomic E-state index is 5.61. The molecule has 0 amide bonds. The number of hydrogen-bond donors (Lipinski definition) is 1. The molecule has 0 fully saturated rings. The van der Waals surface area contributed by atoms with Crippen LogP contribution < -0.4 is 5.48 Å². The van der Waals surface area contributed by atoms with Gasteiger partial charge in [0.05, 0.1) is 0 Å². The van der Waals surface area contributed by atoms with Crippen molar-refractivity contribution in [3.63, 3.8) is 0 Å². The highest BCUT2D eigenvalue weighted by Gasteiger charge is 2.17. The average Bonchev–Trinajstić information content (AvgIpc) is 2.98. The smallest absolute Gasteiger partial charge is 0.131 e.